The lowest BCUT2D eigenvalue weighted by Gasteiger charge is -2.28. The summed E-state index contributed by atoms with van der Waals surface area (Å²) in [6.07, 6.45) is 2.60. The van der Waals surface area contributed by atoms with Gasteiger partial charge in [0.1, 0.15) is 0 Å². The molecule has 0 aliphatic rings. The fourth-order valence-corrected chi connectivity index (χ4v) is 1.55. The standard InChI is InChI=1S/C8H20N.C6H16N/c1-5-7-9(3,4)8-6-2;1-5-7(3,4)6-2/h5-8H2,1-4H3;5-6H2,1-4H3/q2*+1. The van der Waals surface area contributed by atoms with Gasteiger partial charge < -0.3 is 8.97 Å². The summed E-state index contributed by atoms with van der Waals surface area (Å²) in [5.41, 5.74) is 0. The van der Waals surface area contributed by atoms with Crippen molar-refractivity contribution in [3.05, 3.63) is 0 Å². The van der Waals surface area contributed by atoms with E-state index in [1.165, 1.54) is 43.5 Å². The molecule has 100 valence electrons. The highest BCUT2D eigenvalue weighted by atomic mass is 15.3. The fraction of sp³-hybridized carbons (Fsp3) is 1.00. The summed E-state index contributed by atoms with van der Waals surface area (Å²) in [7, 11) is 9.07. The summed E-state index contributed by atoms with van der Waals surface area (Å²) in [6, 6.07) is 0. The summed E-state index contributed by atoms with van der Waals surface area (Å²) in [4.78, 5) is 0. The first-order valence-corrected chi connectivity index (χ1v) is 6.88. The van der Waals surface area contributed by atoms with Gasteiger partial charge in [0.25, 0.3) is 0 Å². The molecule has 0 spiro atoms. The zero-order chi connectivity index (χ0) is 13.2. The number of rotatable bonds is 6. The summed E-state index contributed by atoms with van der Waals surface area (Å²) < 4.78 is 2.33. The van der Waals surface area contributed by atoms with E-state index in [0.717, 1.165) is 4.48 Å². The van der Waals surface area contributed by atoms with Crippen molar-refractivity contribution in [3.8, 4) is 0 Å². The minimum atomic E-state index is 1.14. The molecule has 0 N–H and O–H groups in total. The van der Waals surface area contributed by atoms with Crippen LogP contribution in [-0.4, -0.2) is 63.3 Å². The van der Waals surface area contributed by atoms with Gasteiger partial charge in [-0.1, -0.05) is 13.8 Å². The Bertz CT molecular complexity index is 137. The van der Waals surface area contributed by atoms with Gasteiger partial charge in [0.15, 0.2) is 0 Å². The summed E-state index contributed by atoms with van der Waals surface area (Å²) in [5, 5.41) is 0. The van der Waals surface area contributed by atoms with Crippen LogP contribution in [0, 0.1) is 0 Å². The maximum Gasteiger partial charge on any atom is 0.0779 e. The highest BCUT2D eigenvalue weighted by Gasteiger charge is 2.10. The van der Waals surface area contributed by atoms with E-state index in [-0.39, 0.29) is 0 Å². The van der Waals surface area contributed by atoms with Crippen molar-refractivity contribution in [2.75, 3.05) is 54.4 Å². The lowest BCUT2D eigenvalue weighted by Crippen LogP contribution is -2.40. The molecule has 0 aromatic rings. The normalized spacial score (nSPS) is 12.0. The molecule has 0 bridgehead atoms. The third kappa shape index (κ3) is 12.0. The van der Waals surface area contributed by atoms with Crippen molar-refractivity contribution >= 4 is 0 Å². The van der Waals surface area contributed by atoms with Crippen LogP contribution in [0.2, 0.25) is 0 Å². The Hall–Kier alpha value is -0.0800. The molecule has 0 aliphatic carbocycles. The Morgan fingerprint density at radius 2 is 0.875 bits per heavy atom. The second-order valence-corrected chi connectivity index (χ2v) is 5.95. The van der Waals surface area contributed by atoms with E-state index in [2.05, 4.69) is 55.9 Å². The van der Waals surface area contributed by atoms with Crippen LogP contribution in [-0.2, 0) is 0 Å². The molecule has 0 amide bonds. The van der Waals surface area contributed by atoms with Crippen LogP contribution in [0.15, 0.2) is 0 Å². The maximum absolute atomic E-state index is 2.30. The van der Waals surface area contributed by atoms with Crippen LogP contribution in [0.1, 0.15) is 40.5 Å². The summed E-state index contributed by atoms with van der Waals surface area (Å²) >= 11 is 0. The van der Waals surface area contributed by atoms with E-state index < -0.39 is 0 Å². The van der Waals surface area contributed by atoms with Gasteiger partial charge in [0.2, 0.25) is 0 Å². The van der Waals surface area contributed by atoms with Crippen molar-refractivity contribution in [1.29, 1.82) is 0 Å². The predicted molar refractivity (Wildman–Crippen MR) is 75.6 cm³/mol. The second kappa shape index (κ2) is 9.00. The quantitative estimate of drug-likeness (QED) is 0.618. The van der Waals surface area contributed by atoms with Gasteiger partial charge in [-0.2, -0.15) is 0 Å². The minimum Gasteiger partial charge on any atom is -0.329 e. The van der Waals surface area contributed by atoms with Gasteiger partial charge in [-0.25, -0.2) is 0 Å². The molecular formula is C14H36N2+2. The Labute approximate surface area is 104 Å². The van der Waals surface area contributed by atoms with E-state index in [1.54, 1.807) is 0 Å². The van der Waals surface area contributed by atoms with Crippen molar-refractivity contribution in [2.45, 2.75) is 40.5 Å². The van der Waals surface area contributed by atoms with Crippen molar-refractivity contribution in [2.24, 2.45) is 0 Å². The highest BCUT2D eigenvalue weighted by Crippen LogP contribution is 1.99. The fourth-order valence-electron chi connectivity index (χ4n) is 1.55. The number of nitrogens with zero attached hydrogens (tertiary/aromatic N) is 2. The molecule has 16 heavy (non-hydrogen) atoms. The molecule has 0 aromatic carbocycles. The number of hydrogen-bond acceptors (Lipinski definition) is 0. The van der Waals surface area contributed by atoms with Crippen LogP contribution in [0.3, 0.4) is 0 Å². The summed E-state index contributed by atoms with van der Waals surface area (Å²) in [5.74, 6) is 0. The van der Waals surface area contributed by atoms with Crippen LogP contribution < -0.4 is 0 Å². The van der Waals surface area contributed by atoms with Crippen molar-refractivity contribution in [3.63, 3.8) is 0 Å². The third-order valence-corrected chi connectivity index (χ3v) is 3.37. The van der Waals surface area contributed by atoms with Gasteiger partial charge in [0.05, 0.1) is 54.4 Å². The minimum absolute atomic E-state index is 1.14. The van der Waals surface area contributed by atoms with Crippen LogP contribution >= 0.6 is 0 Å². The second-order valence-electron chi connectivity index (χ2n) is 5.95. The average Bonchev–Trinajstić information content (AvgIpc) is 2.18. The van der Waals surface area contributed by atoms with E-state index in [1.807, 2.05) is 0 Å². The SMILES string of the molecule is CCC[N+](C)(C)CCC.CC[N+](C)(C)CC. The highest BCUT2D eigenvalue weighted by molar-refractivity contribution is 4.30. The van der Waals surface area contributed by atoms with E-state index in [4.69, 9.17) is 0 Å². The molecule has 0 atom stereocenters. The van der Waals surface area contributed by atoms with Crippen LogP contribution in [0.4, 0.5) is 0 Å². The topological polar surface area (TPSA) is 0 Å². The first kappa shape index (κ1) is 18.3. The Balaban J connectivity index is 0. The van der Waals surface area contributed by atoms with E-state index in [0.29, 0.717) is 0 Å². The molecule has 2 heteroatoms. The zero-order valence-electron chi connectivity index (χ0n) is 13.1. The molecule has 0 fully saturated rings. The number of quaternary nitrogens is 2. The van der Waals surface area contributed by atoms with E-state index >= 15 is 0 Å². The molecule has 2 nitrogen and oxygen atoms in total. The lowest BCUT2D eigenvalue weighted by atomic mass is 10.3. The average molecular weight is 232 g/mol. The molecule has 0 heterocycles. The monoisotopic (exact) mass is 232 g/mol. The van der Waals surface area contributed by atoms with Gasteiger partial charge in [-0.15, -0.1) is 0 Å². The Morgan fingerprint density at radius 3 is 1.00 bits per heavy atom. The van der Waals surface area contributed by atoms with Gasteiger partial charge in [-0.05, 0) is 26.7 Å². The smallest absolute Gasteiger partial charge is 0.0779 e. The molecule has 0 aliphatic heterocycles. The Kier molecular flexibility index (Phi) is 10.3. The zero-order valence-corrected chi connectivity index (χ0v) is 13.1. The Morgan fingerprint density at radius 1 is 0.562 bits per heavy atom. The van der Waals surface area contributed by atoms with Gasteiger partial charge in [-0.3, -0.25) is 0 Å². The first-order chi connectivity index (χ1) is 7.24. The predicted octanol–water partition coefficient (Wildman–Crippen LogP) is 2.99. The van der Waals surface area contributed by atoms with Crippen LogP contribution in [0.25, 0.3) is 0 Å². The molecule has 0 aromatic heterocycles. The maximum atomic E-state index is 2.30. The molecule has 0 rings (SSSR count). The molecule has 0 unspecified atom stereocenters. The van der Waals surface area contributed by atoms with Crippen molar-refractivity contribution in [1.82, 2.24) is 0 Å². The van der Waals surface area contributed by atoms with Crippen LogP contribution in [0.5, 0.6) is 0 Å². The van der Waals surface area contributed by atoms with Crippen molar-refractivity contribution < 1.29 is 8.97 Å². The molecule has 0 saturated heterocycles. The number of hydrogen-bond donors (Lipinski definition) is 0. The molecule has 0 saturated carbocycles. The van der Waals surface area contributed by atoms with E-state index in [9.17, 15) is 0 Å². The molecule has 0 radical (unpaired) electrons. The van der Waals surface area contributed by atoms with Gasteiger partial charge >= 0.3 is 0 Å². The lowest BCUT2D eigenvalue weighted by molar-refractivity contribution is -0.890. The largest absolute Gasteiger partial charge is 0.329 e. The molecular weight excluding hydrogens is 196 g/mol. The van der Waals surface area contributed by atoms with Gasteiger partial charge in [0, 0.05) is 0 Å². The first-order valence-electron chi connectivity index (χ1n) is 6.88. The summed E-state index contributed by atoms with van der Waals surface area (Å²) in [6.45, 7) is 14.0. The third-order valence-electron chi connectivity index (χ3n) is 3.37.